The highest BCUT2D eigenvalue weighted by atomic mass is 16.4. The summed E-state index contributed by atoms with van der Waals surface area (Å²) in [5.41, 5.74) is 4.70. The molecule has 0 fully saturated rings. The van der Waals surface area contributed by atoms with Crippen molar-refractivity contribution in [2.24, 2.45) is 0 Å². The molecule has 0 radical (unpaired) electrons. The maximum atomic E-state index is 11.5. The number of anilines is 2. The number of hydrogen-bond donors (Lipinski definition) is 1. The molecule has 1 N–H and O–H groups in total. The second-order valence-corrected chi connectivity index (χ2v) is 5.56. The second-order valence-electron chi connectivity index (χ2n) is 5.56. The molecule has 1 aliphatic heterocycles. The van der Waals surface area contributed by atoms with Crippen LogP contribution >= 0.6 is 0 Å². The smallest absolute Gasteiger partial charge is 0.337 e. The molecule has 2 aromatic carbocycles. The molecular weight excluding hydrogens is 262 g/mol. The van der Waals surface area contributed by atoms with E-state index in [0.29, 0.717) is 5.56 Å². The van der Waals surface area contributed by atoms with Crippen LogP contribution in [0.3, 0.4) is 0 Å². The Morgan fingerprint density at radius 3 is 2.71 bits per heavy atom. The Hall–Kier alpha value is -2.29. The van der Waals surface area contributed by atoms with Gasteiger partial charge in [0.1, 0.15) is 0 Å². The Balaban J connectivity index is 2.16. The highest BCUT2D eigenvalue weighted by Crippen LogP contribution is 2.35. The first-order valence-electron chi connectivity index (χ1n) is 7.36. The van der Waals surface area contributed by atoms with E-state index in [1.165, 1.54) is 5.56 Å². The number of aromatic carboxylic acids is 1. The van der Waals surface area contributed by atoms with Gasteiger partial charge in [0.15, 0.2) is 0 Å². The minimum absolute atomic E-state index is 0.373. The molecule has 0 saturated heterocycles. The number of nitrogens with zero attached hydrogens (tertiary/aromatic N) is 1. The molecule has 21 heavy (non-hydrogen) atoms. The minimum Gasteiger partial charge on any atom is -0.478 e. The standard InChI is InChI=1S/C18H19NO2/c1-13-9-10-15(18(20)21)17(12-13)19-11-5-4-7-14-6-2-3-8-16(14)19/h2-3,6,8-10,12H,4-5,7,11H2,1H3,(H,20,21). The zero-order valence-corrected chi connectivity index (χ0v) is 12.2. The van der Waals surface area contributed by atoms with E-state index in [9.17, 15) is 9.90 Å². The van der Waals surface area contributed by atoms with E-state index in [1.807, 2.05) is 25.1 Å². The van der Waals surface area contributed by atoms with Gasteiger partial charge in [0, 0.05) is 12.2 Å². The molecule has 0 atom stereocenters. The molecule has 0 bridgehead atoms. The van der Waals surface area contributed by atoms with Crippen LogP contribution in [-0.2, 0) is 6.42 Å². The number of benzene rings is 2. The van der Waals surface area contributed by atoms with Crippen molar-refractivity contribution in [1.82, 2.24) is 0 Å². The molecule has 108 valence electrons. The van der Waals surface area contributed by atoms with Crippen LogP contribution in [0, 0.1) is 6.92 Å². The van der Waals surface area contributed by atoms with Crippen LogP contribution in [0.1, 0.15) is 34.3 Å². The van der Waals surface area contributed by atoms with Crippen LogP contribution in [0.5, 0.6) is 0 Å². The summed E-state index contributed by atoms with van der Waals surface area (Å²) in [6.07, 6.45) is 3.27. The molecule has 2 aromatic rings. The molecule has 0 saturated carbocycles. The zero-order valence-electron chi connectivity index (χ0n) is 12.2. The lowest BCUT2D eigenvalue weighted by atomic mass is 10.1. The van der Waals surface area contributed by atoms with Crippen molar-refractivity contribution in [3.05, 3.63) is 59.2 Å². The molecule has 3 nitrogen and oxygen atoms in total. The maximum Gasteiger partial charge on any atom is 0.337 e. The van der Waals surface area contributed by atoms with Gasteiger partial charge in [0.05, 0.1) is 11.3 Å². The molecule has 1 heterocycles. The summed E-state index contributed by atoms with van der Waals surface area (Å²) < 4.78 is 0. The van der Waals surface area contributed by atoms with Crippen molar-refractivity contribution in [2.75, 3.05) is 11.4 Å². The van der Waals surface area contributed by atoms with E-state index in [0.717, 1.165) is 42.7 Å². The van der Waals surface area contributed by atoms with Crippen LogP contribution in [0.2, 0.25) is 0 Å². The Bertz CT molecular complexity index is 679. The van der Waals surface area contributed by atoms with Crippen LogP contribution in [0.25, 0.3) is 0 Å². The van der Waals surface area contributed by atoms with E-state index in [1.54, 1.807) is 6.07 Å². The van der Waals surface area contributed by atoms with Crippen molar-refractivity contribution in [1.29, 1.82) is 0 Å². The van der Waals surface area contributed by atoms with Gasteiger partial charge in [0.2, 0.25) is 0 Å². The van der Waals surface area contributed by atoms with Gasteiger partial charge in [-0.15, -0.1) is 0 Å². The summed E-state index contributed by atoms with van der Waals surface area (Å²) in [6.45, 7) is 2.86. The Labute approximate surface area is 124 Å². The van der Waals surface area contributed by atoms with Crippen molar-refractivity contribution in [3.8, 4) is 0 Å². The quantitative estimate of drug-likeness (QED) is 0.898. The van der Waals surface area contributed by atoms with Gasteiger partial charge in [-0.3, -0.25) is 0 Å². The lowest BCUT2D eigenvalue weighted by Crippen LogP contribution is -2.20. The first-order valence-corrected chi connectivity index (χ1v) is 7.36. The second kappa shape index (κ2) is 5.60. The van der Waals surface area contributed by atoms with E-state index in [-0.39, 0.29) is 0 Å². The number of hydrogen-bond acceptors (Lipinski definition) is 2. The largest absolute Gasteiger partial charge is 0.478 e. The molecule has 3 heteroatoms. The predicted molar refractivity (Wildman–Crippen MR) is 84.5 cm³/mol. The van der Waals surface area contributed by atoms with Crippen molar-refractivity contribution in [3.63, 3.8) is 0 Å². The van der Waals surface area contributed by atoms with Crippen molar-refractivity contribution < 1.29 is 9.90 Å². The zero-order chi connectivity index (χ0) is 14.8. The number of carboxylic acid groups (broad SMARTS) is 1. The van der Waals surface area contributed by atoms with Crippen LogP contribution in [0.15, 0.2) is 42.5 Å². The number of aryl methyl sites for hydroxylation is 2. The van der Waals surface area contributed by atoms with E-state index < -0.39 is 5.97 Å². The highest BCUT2D eigenvalue weighted by Gasteiger charge is 2.21. The van der Waals surface area contributed by atoms with Gasteiger partial charge < -0.3 is 10.0 Å². The Morgan fingerprint density at radius 2 is 1.90 bits per heavy atom. The average Bonchev–Trinajstić information content (AvgIpc) is 2.69. The van der Waals surface area contributed by atoms with Gasteiger partial charge in [-0.2, -0.15) is 0 Å². The fourth-order valence-corrected chi connectivity index (χ4v) is 2.99. The summed E-state index contributed by atoms with van der Waals surface area (Å²) >= 11 is 0. The molecular formula is C18H19NO2. The molecule has 0 spiro atoms. The van der Waals surface area contributed by atoms with Gasteiger partial charge >= 0.3 is 5.97 Å². The predicted octanol–water partition coefficient (Wildman–Crippen LogP) is 4.17. The van der Waals surface area contributed by atoms with Crippen LogP contribution in [0.4, 0.5) is 11.4 Å². The third-order valence-electron chi connectivity index (χ3n) is 4.03. The fraction of sp³-hybridized carbons (Fsp3) is 0.278. The molecule has 0 aliphatic carbocycles. The third kappa shape index (κ3) is 2.64. The highest BCUT2D eigenvalue weighted by molar-refractivity contribution is 5.96. The van der Waals surface area contributed by atoms with Gasteiger partial charge in [-0.1, -0.05) is 24.3 Å². The minimum atomic E-state index is -0.869. The van der Waals surface area contributed by atoms with E-state index >= 15 is 0 Å². The number of para-hydroxylation sites is 1. The average molecular weight is 281 g/mol. The van der Waals surface area contributed by atoms with Gasteiger partial charge in [-0.05, 0) is 55.5 Å². The van der Waals surface area contributed by atoms with Crippen molar-refractivity contribution in [2.45, 2.75) is 26.2 Å². The van der Waals surface area contributed by atoms with E-state index in [4.69, 9.17) is 0 Å². The maximum absolute atomic E-state index is 11.5. The molecule has 3 rings (SSSR count). The summed E-state index contributed by atoms with van der Waals surface area (Å²) in [7, 11) is 0. The van der Waals surface area contributed by atoms with Crippen LogP contribution < -0.4 is 4.90 Å². The lowest BCUT2D eigenvalue weighted by Gasteiger charge is -2.27. The summed E-state index contributed by atoms with van der Waals surface area (Å²) in [5, 5.41) is 9.48. The van der Waals surface area contributed by atoms with Gasteiger partial charge in [0.25, 0.3) is 0 Å². The Kier molecular flexibility index (Phi) is 3.65. The molecule has 1 aliphatic rings. The first kappa shape index (κ1) is 13.7. The number of fused-ring (bicyclic) bond motifs is 1. The van der Waals surface area contributed by atoms with Crippen LogP contribution in [-0.4, -0.2) is 17.6 Å². The molecule has 0 aromatic heterocycles. The number of rotatable bonds is 2. The normalized spacial score (nSPS) is 14.4. The number of carbonyl (C=O) groups is 1. The number of carboxylic acids is 1. The summed E-state index contributed by atoms with van der Waals surface area (Å²) in [4.78, 5) is 13.7. The van der Waals surface area contributed by atoms with Gasteiger partial charge in [-0.25, -0.2) is 4.79 Å². The topological polar surface area (TPSA) is 40.5 Å². The fourth-order valence-electron chi connectivity index (χ4n) is 2.99. The Morgan fingerprint density at radius 1 is 1.10 bits per heavy atom. The van der Waals surface area contributed by atoms with E-state index in [2.05, 4.69) is 23.1 Å². The first-order chi connectivity index (χ1) is 10.2. The summed E-state index contributed by atoms with van der Waals surface area (Å²) in [6, 6.07) is 13.9. The summed E-state index contributed by atoms with van der Waals surface area (Å²) in [5.74, 6) is -0.869. The SMILES string of the molecule is Cc1ccc(C(=O)O)c(N2CCCCc3ccccc32)c1. The molecule has 0 amide bonds. The van der Waals surface area contributed by atoms with Crippen molar-refractivity contribution >= 4 is 17.3 Å². The lowest BCUT2D eigenvalue weighted by molar-refractivity contribution is 0.0697. The third-order valence-corrected chi connectivity index (χ3v) is 4.03. The monoisotopic (exact) mass is 281 g/mol. The molecule has 0 unspecified atom stereocenters.